The number of hydrogen-bond acceptors (Lipinski definition) is 4. The lowest BCUT2D eigenvalue weighted by atomic mass is 10.1. The number of methoxy groups -OCH3 is 1. The molecule has 0 saturated carbocycles. The van der Waals surface area contributed by atoms with Gasteiger partial charge in [0, 0.05) is 28.5 Å². The Labute approximate surface area is 138 Å². The highest BCUT2D eigenvalue weighted by Crippen LogP contribution is 2.33. The van der Waals surface area contributed by atoms with Crippen molar-refractivity contribution in [2.24, 2.45) is 0 Å². The summed E-state index contributed by atoms with van der Waals surface area (Å²) in [6, 6.07) is 11.4. The molecule has 0 unspecified atom stereocenters. The minimum absolute atomic E-state index is 0.364. The lowest BCUT2D eigenvalue weighted by Crippen LogP contribution is -2.01. The third-order valence-electron chi connectivity index (χ3n) is 3.64. The van der Waals surface area contributed by atoms with Crippen LogP contribution in [-0.4, -0.2) is 17.6 Å². The van der Waals surface area contributed by atoms with Gasteiger partial charge in [-0.2, -0.15) is 5.26 Å². The number of benzene rings is 1. The fraction of sp³-hybridized carbons (Fsp3) is 0.111. The van der Waals surface area contributed by atoms with E-state index in [0.29, 0.717) is 11.1 Å². The summed E-state index contributed by atoms with van der Waals surface area (Å²) in [5.74, 6) is -0.364. The van der Waals surface area contributed by atoms with Crippen molar-refractivity contribution in [1.29, 1.82) is 5.26 Å². The summed E-state index contributed by atoms with van der Waals surface area (Å²) in [5.41, 5.74) is 4.10. The molecule has 0 atom stereocenters. The molecule has 0 aliphatic carbocycles. The Morgan fingerprint density at radius 2 is 1.96 bits per heavy atom. The van der Waals surface area contributed by atoms with Gasteiger partial charge < -0.3 is 9.30 Å². The maximum atomic E-state index is 11.5. The molecule has 0 aliphatic rings. The summed E-state index contributed by atoms with van der Waals surface area (Å²) in [4.78, 5) is 12.6. The topological polar surface area (TPSA) is 55.0 Å². The number of aryl methyl sites for hydroxylation is 1. The van der Waals surface area contributed by atoms with Crippen LogP contribution in [0, 0.1) is 18.3 Å². The van der Waals surface area contributed by atoms with Crippen molar-refractivity contribution >= 4 is 17.3 Å². The molecule has 0 radical (unpaired) electrons. The fourth-order valence-electron chi connectivity index (χ4n) is 2.41. The SMILES string of the molecule is COC(=O)c1ccc(-n2cc(C#N)c(-c3sccc3C)c2)cc1. The van der Waals surface area contributed by atoms with E-state index in [4.69, 9.17) is 4.74 Å². The lowest BCUT2D eigenvalue weighted by Gasteiger charge is -2.04. The number of nitrogens with zero attached hydrogens (tertiary/aromatic N) is 2. The molecule has 4 nitrogen and oxygen atoms in total. The second kappa shape index (κ2) is 6.11. The second-order valence-corrected chi connectivity index (χ2v) is 5.99. The molecule has 23 heavy (non-hydrogen) atoms. The minimum atomic E-state index is -0.364. The monoisotopic (exact) mass is 322 g/mol. The molecule has 1 aromatic carbocycles. The number of aromatic nitrogens is 1. The average Bonchev–Trinajstić information content (AvgIpc) is 3.19. The van der Waals surface area contributed by atoms with E-state index < -0.39 is 0 Å². The number of thiophene rings is 1. The van der Waals surface area contributed by atoms with Gasteiger partial charge in [0.25, 0.3) is 0 Å². The summed E-state index contributed by atoms with van der Waals surface area (Å²) in [6.07, 6.45) is 3.76. The smallest absolute Gasteiger partial charge is 0.337 e. The fourth-order valence-corrected chi connectivity index (χ4v) is 3.36. The minimum Gasteiger partial charge on any atom is -0.465 e. The van der Waals surface area contributed by atoms with Crippen LogP contribution in [0.15, 0.2) is 48.1 Å². The highest BCUT2D eigenvalue weighted by atomic mass is 32.1. The van der Waals surface area contributed by atoms with Crippen molar-refractivity contribution < 1.29 is 9.53 Å². The molecule has 0 spiro atoms. The van der Waals surface area contributed by atoms with Crippen LogP contribution in [0.2, 0.25) is 0 Å². The van der Waals surface area contributed by atoms with Crippen LogP contribution >= 0.6 is 11.3 Å². The molecule has 3 rings (SSSR count). The van der Waals surface area contributed by atoms with Gasteiger partial charge in [-0.3, -0.25) is 0 Å². The van der Waals surface area contributed by atoms with Gasteiger partial charge in [-0.1, -0.05) is 0 Å². The quantitative estimate of drug-likeness (QED) is 0.680. The van der Waals surface area contributed by atoms with Crippen molar-refractivity contribution in [2.45, 2.75) is 6.92 Å². The van der Waals surface area contributed by atoms with Gasteiger partial charge in [-0.05, 0) is 48.2 Å². The molecule has 2 aromatic heterocycles. The van der Waals surface area contributed by atoms with E-state index in [-0.39, 0.29) is 5.97 Å². The van der Waals surface area contributed by atoms with Crippen molar-refractivity contribution in [3.8, 4) is 22.2 Å². The molecule has 2 heterocycles. The first-order valence-electron chi connectivity index (χ1n) is 6.99. The molecule has 0 amide bonds. The summed E-state index contributed by atoms with van der Waals surface area (Å²) in [5, 5.41) is 11.4. The molecule has 0 bridgehead atoms. The zero-order valence-corrected chi connectivity index (χ0v) is 13.6. The number of rotatable bonds is 3. The molecule has 0 saturated heterocycles. The molecule has 0 fully saturated rings. The first-order valence-corrected chi connectivity index (χ1v) is 7.87. The Balaban J connectivity index is 2.02. The van der Waals surface area contributed by atoms with E-state index in [1.165, 1.54) is 7.11 Å². The predicted molar refractivity (Wildman–Crippen MR) is 89.9 cm³/mol. The Morgan fingerprint density at radius 3 is 2.52 bits per heavy atom. The van der Waals surface area contributed by atoms with Gasteiger partial charge in [-0.25, -0.2) is 4.79 Å². The molecule has 5 heteroatoms. The number of nitriles is 1. The van der Waals surface area contributed by atoms with Crippen LogP contribution in [0.1, 0.15) is 21.5 Å². The maximum absolute atomic E-state index is 11.5. The van der Waals surface area contributed by atoms with Crippen LogP contribution in [0.4, 0.5) is 0 Å². The number of carbonyl (C=O) groups is 1. The van der Waals surface area contributed by atoms with Gasteiger partial charge in [-0.15, -0.1) is 11.3 Å². The lowest BCUT2D eigenvalue weighted by molar-refractivity contribution is 0.0601. The van der Waals surface area contributed by atoms with E-state index in [1.54, 1.807) is 23.5 Å². The van der Waals surface area contributed by atoms with Crippen LogP contribution in [0.5, 0.6) is 0 Å². The number of hydrogen-bond donors (Lipinski definition) is 0. The van der Waals surface area contributed by atoms with Gasteiger partial charge in [0.05, 0.1) is 18.2 Å². The molecule has 0 N–H and O–H groups in total. The van der Waals surface area contributed by atoms with Crippen molar-refractivity contribution in [2.75, 3.05) is 7.11 Å². The summed E-state index contributed by atoms with van der Waals surface area (Å²) in [7, 11) is 1.36. The molecular formula is C18H14N2O2S. The van der Waals surface area contributed by atoms with Crippen LogP contribution in [0.3, 0.4) is 0 Å². The summed E-state index contributed by atoms with van der Waals surface area (Å²) < 4.78 is 6.59. The van der Waals surface area contributed by atoms with Crippen LogP contribution < -0.4 is 0 Å². The van der Waals surface area contributed by atoms with Crippen LogP contribution in [0.25, 0.3) is 16.1 Å². The largest absolute Gasteiger partial charge is 0.465 e. The zero-order valence-electron chi connectivity index (χ0n) is 12.7. The third kappa shape index (κ3) is 2.77. The van der Waals surface area contributed by atoms with Gasteiger partial charge >= 0.3 is 5.97 Å². The number of esters is 1. The van der Waals surface area contributed by atoms with E-state index >= 15 is 0 Å². The molecule has 3 aromatic rings. The van der Waals surface area contributed by atoms with E-state index in [0.717, 1.165) is 21.7 Å². The Hall–Kier alpha value is -2.84. The van der Waals surface area contributed by atoms with Crippen molar-refractivity contribution in [3.63, 3.8) is 0 Å². The first-order chi connectivity index (χ1) is 11.1. The highest BCUT2D eigenvalue weighted by Gasteiger charge is 2.13. The van der Waals surface area contributed by atoms with Gasteiger partial charge in [0.2, 0.25) is 0 Å². The van der Waals surface area contributed by atoms with E-state index in [1.807, 2.05) is 47.5 Å². The number of carbonyl (C=O) groups excluding carboxylic acids is 1. The molecular weight excluding hydrogens is 308 g/mol. The maximum Gasteiger partial charge on any atom is 0.337 e. The predicted octanol–water partition coefficient (Wildman–Crippen LogP) is 4.17. The first kappa shape index (κ1) is 15.1. The van der Waals surface area contributed by atoms with E-state index in [2.05, 4.69) is 6.07 Å². The van der Waals surface area contributed by atoms with Crippen LogP contribution in [-0.2, 0) is 4.74 Å². The third-order valence-corrected chi connectivity index (χ3v) is 4.69. The summed E-state index contributed by atoms with van der Waals surface area (Å²) >= 11 is 1.62. The van der Waals surface area contributed by atoms with E-state index in [9.17, 15) is 10.1 Å². The average molecular weight is 322 g/mol. The highest BCUT2D eigenvalue weighted by molar-refractivity contribution is 7.13. The Kier molecular flexibility index (Phi) is 4.00. The van der Waals surface area contributed by atoms with Crippen molar-refractivity contribution in [3.05, 3.63) is 64.8 Å². The molecule has 114 valence electrons. The van der Waals surface area contributed by atoms with Crippen molar-refractivity contribution in [1.82, 2.24) is 4.57 Å². The van der Waals surface area contributed by atoms with Gasteiger partial charge in [0.1, 0.15) is 6.07 Å². The Bertz CT molecular complexity index is 898. The zero-order chi connectivity index (χ0) is 16.4. The standard InChI is InChI=1S/C18H14N2O2S/c1-12-7-8-23-17(12)16-11-20(10-14(16)9-19)15-5-3-13(4-6-15)18(21)22-2/h3-8,10-11H,1-2H3. The summed E-state index contributed by atoms with van der Waals surface area (Å²) in [6.45, 7) is 2.04. The second-order valence-electron chi connectivity index (χ2n) is 5.08. The molecule has 0 aliphatic heterocycles. The number of ether oxygens (including phenoxy) is 1. The van der Waals surface area contributed by atoms with Gasteiger partial charge in [0.15, 0.2) is 0 Å². The Morgan fingerprint density at radius 1 is 1.22 bits per heavy atom. The normalized spacial score (nSPS) is 10.3.